The molecule has 5 heteroatoms. The summed E-state index contributed by atoms with van der Waals surface area (Å²) in [5.41, 5.74) is 2.06. The van der Waals surface area contributed by atoms with Crippen molar-refractivity contribution in [3.05, 3.63) is 66.5 Å². The molecular weight excluding hydrogens is 511 g/mol. The fourth-order valence-electron chi connectivity index (χ4n) is 5.09. The van der Waals surface area contributed by atoms with Gasteiger partial charge in [0.15, 0.2) is 5.82 Å². The Hall–Kier alpha value is -3.08. The lowest BCUT2D eigenvalue weighted by Crippen LogP contribution is -2.34. The molecule has 0 fully saturated rings. The van der Waals surface area contributed by atoms with E-state index in [9.17, 15) is 9.18 Å². The third-order valence-corrected chi connectivity index (χ3v) is 7.74. The van der Waals surface area contributed by atoms with Crippen LogP contribution >= 0.6 is 0 Å². The number of hydrogen-bond donors (Lipinski definition) is 0. The molecule has 0 aliphatic rings. The van der Waals surface area contributed by atoms with Crippen molar-refractivity contribution < 1.29 is 13.9 Å². The summed E-state index contributed by atoms with van der Waals surface area (Å²) in [6.07, 6.45) is 20.5. The third-order valence-electron chi connectivity index (χ3n) is 7.74. The first-order valence-corrected chi connectivity index (χ1v) is 15.9. The number of hydrogen-bond acceptors (Lipinski definition) is 4. The van der Waals surface area contributed by atoms with Crippen molar-refractivity contribution in [3.63, 3.8) is 0 Å². The predicted molar refractivity (Wildman–Crippen MR) is 168 cm³/mol. The topological polar surface area (TPSA) is 52.1 Å². The summed E-state index contributed by atoms with van der Waals surface area (Å²) in [5.74, 6) is 0.192. The molecule has 0 saturated heterocycles. The van der Waals surface area contributed by atoms with E-state index in [2.05, 4.69) is 23.8 Å². The van der Waals surface area contributed by atoms with Crippen molar-refractivity contribution in [1.82, 2.24) is 9.97 Å². The molecule has 3 rings (SSSR count). The van der Waals surface area contributed by atoms with E-state index in [1.807, 2.05) is 48.8 Å². The second-order valence-corrected chi connectivity index (χ2v) is 11.5. The number of halogens is 1. The fourth-order valence-corrected chi connectivity index (χ4v) is 5.09. The minimum atomic E-state index is -1.99. The molecule has 0 saturated carbocycles. The molecule has 0 bridgehead atoms. The zero-order valence-electron chi connectivity index (χ0n) is 25.5. The van der Waals surface area contributed by atoms with Crippen molar-refractivity contribution in [2.75, 3.05) is 0 Å². The van der Waals surface area contributed by atoms with E-state index in [1.54, 1.807) is 12.1 Å². The van der Waals surface area contributed by atoms with Crippen molar-refractivity contribution in [1.29, 1.82) is 0 Å². The molecule has 0 amide bonds. The molecule has 3 aromatic rings. The molecule has 0 N–H and O–H groups in total. The van der Waals surface area contributed by atoms with Gasteiger partial charge in [0.2, 0.25) is 5.67 Å². The largest absolute Gasteiger partial charge is 0.424 e. The first-order chi connectivity index (χ1) is 19.9. The van der Waals surface area contributed by atoms with E-state index in [1.165, 1.54) is 63.9 Å². The molecule has 0 aliphatic carbocycles. The molecule has 0 aliphatic heterocycles. The van der Waals surface area contributed by atoms with Gasteiger partial charge in [0.05, 0.1) is 0 Å². The average molecular weight is 561 g/mol. The maximum Gasteiger partial charge on any atom is 0.348 e. The van der Waals surface area contributed by atoms with Gasteiger partial charge in [-0.15, -0.1) is 0 Å². The van der Waals surface area contributed by atoms with E-state index in [-0.39, 0.29) is 6.42 Å². The van der Waals surface area contributed by atoms with Crippen LogP contribution in [0.1, 0.15) is 116 Å². The highest BCUT2D eigenvalue weighted by atomic mass is 19.1. The molecule has 4 nitrogen and oxygen atoms in total. The lowest BCUT2D eigenvalue weighted by molar-refractivity contribution is -0.147. The smallest absolute Gasteiger partial charge is 0.348 e. The lowest BCUT2D eigenvalue weighted by atomic mass is 9.98. The van der Waals surface area contributed by atoms with Gasteiger partial charge < -0.3 is 4.74 Å². The first-order valence-electron chi connectivity index (χ1n) is 15.9. The van der Waals surface area contributed by atoms with Crippen LogP contribution in [-0.2, 0) is 11.2 Å². The summed E-state index contributed by atoms with van der Waals surface area (Å²) in [7, 11) is 0. The highest BCUT2D eigenvalue weighted by molar-refractivity contribution is 5.82. The molecular formula is C36H49FN2O2. The molecule has 2 aromatic carbocycles. The maximum atomic E-state index is 15.0. The van der Waals surface area contributed by atoms with Gasteiger partial charge in [-0.1, -0.05) is 121 Å². The van der Waals surface area contributed by atoms with Gasteiger partial charge in [-0.3, -0.25) is 0 Å². The van der Waals surface area contributed by atoms with Gasteiger partial charge in [0, 0.05) is 18.0 Å². The minimum absolute atomic E-state index is 0.179. The molecule has 1 heterocycles. The Morgan fingerprint density at radius 3 is 1.88 bits per heavy atom. The number of aromatic nitrogens is 2. The van der Waals surface area contributed by atoms with Crippen LogP contribution in [0.2, 0.25) is 0 Å². The zero-order valence-corrected chi connectivity index (χ0v) is 25.5. The lowest BCUT2D eigenvalue weighted by Gasteiger charge is -2.18. The molecule has 0 spiro atoms. The number of carbonyl (C=O) groups is 1. The van der Waals surface area contributed by atoms with Gasteiger partial charge in [-0.2, -0.15) is 0 Å². The number of carbonyl (C=O) groups excluding carboxylic acids is 1. The Bertz CT molecular complexity index is 1160. The van der Waals surface area contributed by atoms with Gasteiger partial charge in [0.25, 0.3) is 0 Å². The van der Waals surface area contributed by atoms with Crippen molar-refractivity contribution >= 4 is 5.97 Å². The van der Waals surface area contributed by atoms with Crippen molar-refractivity contribution in [2.24, 2.45) is 0 Å². The predicted octanol–water partition coefficient (Wildman–Crippen LogP) is 10.5. The number of unbranched alkanes of at least 4 members (excludes halogenated alkanes) is 11. The molecule has 1 atom stereocenters. The first kappa shape index (κ1) is 32.4. The number of benzene rings is 2. The number of alkyl halides is 1. The molecule has 1 aromatic heterocycles. The van der Waals surface area contributed by atoms with Gasteiger partial charge in [-0.25, -0.2) is 19.2 Å². The number of rotatable bonds is 19. The van der Waals surface area contributed by atoms with E-state index < -0.39 is 11.6 Å². The second-order valence-electron chi connectivity index (χ2n) is 11.5. The van der Waals surface area contributed by atoms with Crippen LogP contribution < -0.4 is 4.74 Å². The molecule has 222 valence electrons. The summed E-state index contributed by atoms with van der Waals surface area (Å²) in [6.45, 7) is 5.72. The molecule has 1 unspecified atom stereocenters. The Kier molecular flexibility index (Phi) is 14.0. The molecule has 0 radical (unpaired) electrons. The highest BCUT2D eigenvalue weighted by Gasteiger charge is 2.34. The zero-order chi connectivity index (χ0) is 29.3. The van der Waals surface area contributed by atoms with Gasteiger partial charge >= 0.3 is 5.97 Å². The van der Waals surface area contributed by atoms with E-state index in [4.69, 9.17) is 4.74 Å². The van der Waals surface area contributed by atoms with Crippen LogP contribution in [0.3, 0.4) is 0 Å². The van der Waals surface area contributed by atoms with Crippen LogP contribution in [0, 0.1) is 0 Å². The standard InChI is InChI=1S/C36H49FN2O2/c1-4-6-8-10-11-12-13-15-19-29-27-38-34(39-28-29)33-21-17-16-20-32(33)30-22-24-31(25-23-30)41-35(40)36(3,37)26-18-14-9-7-5-2/h16-17,20-25,27-28H,4-15,18-19,26H2,1-3H3. The van der Waals surface area contributed by atoms with E-state index in [0.29, 0.717) is 18.0 Å². The van der Waals surface area contributed by atoms with Crippen LogP contribution in [0.25, 0.3) is 22.5 Å². The Morgan fingerprint density at radius 1 is 0.732 bits per heavy atom. The molecule has 41 heavy (non-hydrogen) atoms. The minimum Gasteiger partial charge on any atom is -0.424 e. The monoisotopic (exact) mass is 560 g/mol. The Balaban J connectivity index is 1.55. The normalized spacial score (nSPS) is 12.7. The van der Waals surface area contributed by atoms with E-state index >= 15 is 0 Å². The summed E-state index contributed by atoms with van der Waals surface area (Å²) < 4.78 is 20.4. The van der Waals surface area contributed by atoms with Crippen LogP contribution in [0.5, 0.6) is 5.75 Å². The number of aryl methyl sites for hydroxylation is 1. The number of ether oxygens (including phenoxy) is 1. The number of nitrogens with zero attached hydrogens (tertiary/aromatic N) is 2. The highest BCUT2D eigenvalue weighted by Crippen LogP contribution is 2.32. The SMILES string of the molecule is CCCCCCCCCCc1cnc(-c2ccccc2-c2ccc(OC(=O)C(C)(F)CCCCCCC)cc2)nc1. The second kappa shape index (κ2) is 17.7. The van der Waals surface area contributed by atoms with Gasteiger partial charge in [0.1, 0.15) is 5.75 Å². The van der Waals surface area contributed by atoms with Crippen LogP contribution in [-0.4, -0.2) is 21.6 Å². The average Bonchev–Trinajstić information content (AvgIpc) is 2.99. The maximum absolute atomic E-state index is 15.0. The van der Waals surface area contributed by atoms with Crippen molar-refractivity contribution in [2.45, 2.75) is 123 Å². The summed E-state index contributed by atoms with van der Waals surface area (Å²) in [4.78, 5) is 21.9. The van der Waals surface area contributed by atoms with Crippen molar-refractivity contribution in [3.8, 4) is 28.3 Å². The summed E-state index contributed by atoms with van der Waals surface area (Å²) in [6, 6.07) is 15.2. The summed E-state index contributed by atoms with van der Waals surface area (Å²) in [5, 5.41) is 0. The van der Waals surface area contributed by atoms with Crippen LogP contribution in [0.4, 0.5) is 4.39 Å². The fraction of sp³-hybridized carbons (Fsp3) is 0.528. The number of esters is 1. The Labute approximate surface area is 247 Å². The van der Waals surface area contributed by atoms with Gasteiger partial charge in [-0.05, 0) is 61.4 Å². The third kappa shape index (κ3) is 11.0. The van der Waals surface area contributed by atoms with E-state index in [0.717, 1.165) is 48.8 Å². The Morgan fingerprint density at radius 2 is 1.27 bits per heavy atom. The van der Waals surface area contributed by atoms with Crippen LogP contribution in [0.15, 0.2) is 60.9 Å². The quantitative estimate of drug-likeness (QED) is 0.0831. The summed E-state index contributed by atoms with van der Waals surface area (Å²) >= 11 is 0.